The molecule has 1 spiro atoms. The zero-order valence-electron chi connectivity index (χ0n) is 12.0. The SMILES string of the molecule is COc1c(Cl)ncn(C2CCOC3(CCSCC3)C2)c1=O. The Morgan fingerprint density at radius 1 is 1.52 bits per heavy atom. The maximum absolute atomic E-state index is 12.5. The van der Waals surface area contributed by atoms with Gasteiger partial charge in [-0.3, -0.25) is 9.36 Å². The molecule has 116 valence electrons. The van der Waals surface area contributed by atoms with Crippen molar-refractivity contribution in [2.75, 3.05) is 25.2 Å². The molecule has 0 aromatic carbocycles. The maximum Gasteiger partial charge on any atom is 0.297 e. The molecule has 0 bridgehead atoms. The zero-order chi connectivity index (χ0) is 14.9. The maximum atomic E-state index is 12.5. The van der Waals surface area contributed by atoms with Crippen molar-refractivity contribution in [2.45, 2.75) is 37.3 Å². The third kappa shape index (κ3) is 2.94. The van der Waals surface area contributed by atoms with Crippen LogP contribution in [0.2, 0.25) is 5.15 Å². The van der Waals surface area contributed by atoms with Gasteiger partial charge in [0.15, 0.2) is 5.15 Å². The van der Waals surface area contributed by atoms with Crippen molar-refractivity contribution in [1.82, 2.24) is 9.55 Å². The van der Waals surface area contributed by atoms with Crippen LogP contribution in [0.4, 0.5) is 0 Å². The largest absolute Gasteiger partial charge is 0.489 e. The highest BCUT2D eigenvalue weighted by Crippen LogP contribution is 2.41. The Kier molecular flexibility index (Phi) is 4.47. The molecule has 2 aliphatic rings. The lowest BCUT2D eigenvalue weighted by atomic mass is 9.85. The van der Waals surface area contributed by atoms with E-state index in [1.807, 2.05) is 11.8 Å². The van der Waals surface area contributed by atoms with Crippen molar-refractivity contribution in [1.29, 1.82) is 0 Å². The van der Waals surface area contributed by atoms with Gasteiger partial charge in [0.25, 0.3) is 5.56 Å². The number of aromatic nitrogens is 2. The van der Waals surface area contributed by atoms with Crippen molar-refractivity contribution in [3.63, 3.8) is 0 Å². The Balaban J connectivity index is 1.88. The summed E-state index contributed by atoms with van der Waals surface area (Å²) in [5, 5.41) is 0.120. The van der Waals surface area contributed by atoms with Crippen molar-refractivity contribution < 1.29 is 9.47 Å². The molecule has 7 heteroatoms. The number of ether oxygens (including phenoxy) is 2. The van der Waals surface area contributed by atoms with Crippen LogP contribution in [0.3, 0.4) is 0 Å². The van der Waals surface area contributed by atoms with Gasteiger partial charge >= 0.3 is 0 Å². The van der Waals surface area contributed by atoms with Gasteiger partial charge in [-0.25, -0.2) is 4.98 Å². The molecule has 2 saturated heterocycles. The van der Waals surface area contributed by atoms with E-state index in [4.69, 9.17) is 21.1 Å². The summed E-state index contributed by atoms with van der Waals surface area (Å²) in [6, 6.07) is 0.105. The molecule has 0 aliphatic carbocycles. The van der Waals surface area contributed by atoms with Gasteiger partial charge in [-0.15, -0.1) is 0 Å². The molecule has 0 saturated carbocycles. The molecule has 3 rings (SSSR count). The number of halogens is 1. The van der Waals surface area contributed by atoms with Crippen LogP contribution in [-0.4, -0.2) is 40.4 Å². The van der Waals surface area contributed by atoms with E-state index in [1.54, 1.807) is 4.57 Å². The molecule has 1 aromatic rings. The second-order valence-electron chi connectivity index (χ2n) is 5.57. The Morgan fingerprint density at radius 2 is 2.29 bits per heavy atom. The van der Waals surface area contributed by atoms with Gasteiger partial charge in [-0.2, -0.15) is 11.8 Å². The standard InChI is InChI=1S/C14H19ClN2O3S/c1-19-11-12(15)16-9-17(13(11)18)10-2-5-20-14(8-10)3-6-21-7-4-14/h9-10H,2-8H2,1H3. The molecule has 2 aliphatic heterocycles. The average molecular weight is 331 g/mol. The molecule has 2 fully saturated rings. The summed E-state index contributed by atoms with van der Waals surface area (Å²) in [6.45, 7) is 0.687. The molecule has 0 radical (unpaired) electrons. The van der Waals surface area contributed by atoms with Crippen molar-refractivity contribution in [3.8, 4) is 5.75 Å². The van der Waals surface area contributed by atoms with Crippen LogP contribution in [0.25, 0.3) is 0 Å². The number of methoxy groups -OCH3 is 1. The monoisotopic (exact) mass is 330 g/mol. The fourth-order valence-corrected chi connectivity index (χ4v) is 4.63. The minimum Gasteiger partial charge on any atom is -0.489 e. The van der Waals surface area contributed by atoms with Crippen LogP contribution in [0, 0.1) is 0 Å². The summed E-state index contributed by atoms with van der Waals surface area (Å²) in [4.78, 5) is 16.5. The van der Waals surface area contributed by atoms with Gasteiger partial charge in [0, 0.05) is 12.6 Å². The lowest BCUT2D eigenvalue weighted by molar-refractivity contribution is -0.0993. The minimum absolute atomic E-state index is 0.0690. The van der Waals surface area contributed by atoms with Gasteiger partial charge in [-0.1, -0.05) is 11.6 Å². The number of hydrogen-bond acceptors (Lipinski definition) is 5. The first-order valence-corrected chi connectivity index (χ1v) is 8.71. The topological polar surface area (TPSA) is 53.4 Å². The number of rotatable bonds is 2. The number of nitrogens with zero attached hydrogens (tertiary/aromatic N) is 2. The Bertz CT molecular complexity index is 566. The first kappa shape index (κ1) is 15.2. The predicted molar refractivity (Wildman–Crippen MR) is 83.6 cm³/mol. The fraction of sp³-hybridized carbons (Fsp3) is 0.714. The van der Waals surface area contributed by atoms with E-state index in [0.29, 0.717) is 6.61 Å². The quantitative estimate of drug-likeness (QED) is 0.780. The van der Waals surface area contributed by atoms with Gasteiger partial charge in [-0.05, 0) is 37.2 Å². The van der Waals surface area contributed by atoms with E-state index in [0.717, 1.165) is 37.2 Å². The Morgan fingerprint density at radius 3 is 3.00 bits per heavy atom. The summed E-state index contributed by atoms with van der Waals surface area (Å²) in [7, 11) is 1.44. The summed E-state index contributed by atoms with van der Waals surface area (Å²) in [6.07, 6.45) is 5.33. The molecule has 1 unspecified atom stereocenters. The minimum atomic E-state index is -0.204. The van der Waals surface area contributed by atoms with Crippen molar-refractivity contribution in [3.05, 3.63) is 21.8 Å². The molecule has 0 N–H and O–H groups in total. The van der Waals surface area contributed by atoms with Crippen LogP contribution < -0.4 is 10.3 Å². The van der Waals surface area contributed by atoms with Crippen LogP contribution in [0.15, 0.2) is 11.1 Å². The van der Waals surface area contributed by atoms with Gasteiger partial charge in [0.2, 0.25) is 5.75 Å². The first-order valence-electron chi connectivity index (χ1n) is 7.17. The van der Waals surface area contributed by atoms with E-state index < -0.39 is 0 Å². The lowest BCUT2D eigenvalue weighted by Crippen LogP contribution is -2.44. The van der Waals surface area contributed by atoms with E-state index >= 15 is 0 Å². The average Bonchev–Trinajstić information content (AvgIpc) is 2.48. The third-order valence-corrected chi connectivity index (χ3v) is 5.63. The molecule has 0 amide bonds. The number of thioether (sulfide) groups is 1. The predicted octanol–water partition coefficient (Wildman–Crippen LogP) is 2.52. The van der Waals surface area contributed by atoms with Crippen LogP contribution in [0.5, 0.6) is 5.75 Å². The van der Waals surface area contributed by atoms with Gasteiger partial charge in [0.1, 0.15) is 0 Å². The van der Waals surface area contributed by atoms with Crippen molar-refractivity contribution in [2.24, 2.45) is 0 Å². The lowest BCUT2D eigenvalue weighted by Gasteiger charge is -2.43. The first-order chi connectivity index (χ1) is 10.2. The molecular formula is C14H19ClN2O3S. The third-order valence-electron chi connectivity index (χ3n) is 4.38. The summed E-state index contributed by atoms with van der Waals surface area (Å²) in [5.74, 6) is 2.38. The summed E-state index contributed by atoms with van der Waals surface area (Å²) in [5.41, 5.74) is -0.273. The van der Waals surface area contributed by atoms with Gasteiger partial charge in [0.05, 0.1) is 19.0 Å². The summed E-state index contributed by atoms with van der Waals surface area (Å²) < 4.78 is 12.8. The Labute approximate surface area is 133 Å². The molecule has 1 atom stereocenters. The van der Waals surface area contributed by atoms with Crippen LogP contribution >= 0.6 is 23.4 Å². The molecule has 21 heavy (non-hydrogen) atoms. The second kappa shape index (κ2) is 6.18. The highest BCUT2D eigenvalue weighted by Gasteiger charge is 2.39. The smallest absolute Gasteiger partial charge is 0.297 e. The number of hydrogen-bond donors (Lipinski definition) is 0. The zero-order valence-corrected chi connectivity index (χ0v) is 13.6. The molecule has 5 nitrogen and oxygen atoms in total. The fourth-order valence-electron chi connectivity index (χ4n) is 3.19. The summed E-state index contributed by atoms with van der Waals surface area (Å²) >= 11 is 7.88. The molecule has 1 aromatic heterocycles. The van der Waals surface area contributed by atoms with Crippen molar-refractivity contribution >= 4 is 23.4 Å². The highest BCUT2D eigenvalue weighted by atomic mass is 35.5. The highest BCUT2D eigenvalue weighted by molar-refractivity contribution is 7.99. The second-order valence-corrected chi connectivity index (χ2v) is 7.15. The van der Waals surface area contributed by atoms with Gasteiger partial charge < -0.3 is 9.47 Å². The van der Waals surface area contributed by atoms with E-state index in [-0.39, 0.29) is 28.1 Å². The van der Waals surface area contributed by atoms with Crippen LogP contribution in [0.1, 0.15) is 31.7 Å². The normalized spacial score (nSPS) is 25.0. The van der Waals surface area contributed by atoms with E-state index in [2.05, 4.69) is 4.98 Å². The molecule has 3 heterocycles. The Hall–Kier alpha value is -0.720. The van der Waals surface area contributed by atoms with Crippen LogP contribution in [-0.2, 0) is 4.74 Å². The van der Waals surface area contributed by atoms with E-state index in [9.17, 15) is 4.79 Å². The van der Waals surface area contributed by atoms with E-state index in [1.165, 1.54) is 13.4 Å². The molecular weight excluding hydrogens is 312 g/mol.